The van der Waals surface area contributed by atoms with Crippen LogP contribution in [0.2, 0.25) is 0 Å². The van der Waals surface area contributed by atoms with Crippen molar-refractivity contribution in [1.29, 1.82) is 0 Å². The molecule has 2 aliphatic heterocycles. The van der Waals surface area contributed by atoms with Crippen molar-refractivity contribution in [1.82, 2.24) is 9.80 Å². The van der Waals surface area contributed by atoms with E-state index in [2.05, 4.69) is 36.1 Å². The zero-order chi connectivity index (χ0) is 16.9. The van der Waals surface area contributed by atoms with E-state index in [1.807, 2.05) is 11.0 Å². The van der Waals surface area contributed by atoms with Gasteiger partial charge in [-0.25, -0.2) is 0 Å². The third-order valence-electron chi connectivity index (χ3n) is 5.27. The zero-order valence-corrected chi connectivity index (χ0v) is 17.0. The Morgan fingerprint density at radius 3 is 2.46 bits per heavy atom. The summed E-state index contributed by atoms with van der Waals surface area (Å²) in [5, 5.41) is 0. The summed E-state index contributed by atoms with van der Waals surface area (Å²) >= 11 is 0. The molecule has 2 heterocycles. The molecule has 0 aromatic heterocycles. The Bertz CT molecular complexity index is 537. The number of halogens is 2. The fourth-order valence-electron chi connectivity index (χ4n) is 3.69. The van der Waals surface area contributed by atoms with E-state index in [1.165, 1.54) is 5.56 Å². The van der Waals surface area contributed by atoms with E-state index in [0.29, 0.717) is 19.1 Å². The first-order valence-corrected chi connectivity index (χ1v) is 9.05. The number of benzene rings is 1. The molecular weight excluding hydrogens is 373 g/mol. The summed E-state index contributed by atoms with van der Waals surface area (Å²) < 4.78 is 5.78. The maximum atomic E-state index is 12.8. The second-order valence-corrected chi connectivity index (χ2v) is 7.10. The van der Waals surface area contributed by atoms with Crippen molar-refractivity contribution in [2.75, 3.05) is 32.8 Å². The Balaban J connectivity index is 0.00000169. The number of carbonyl (C=O) groups excluding carboxylic acids is 1. The van der Waals surface area contributed by atoms with Gasteiger partial charge in [0.25, 0.3) is 5.91 Å². The zero-order valence-electron chi connectivity index (χ0n) is 15.4. The number of nitrogens with two attached hydrogens (primary N) is 1. The second kappa shape index (κ2) is 11.1. The lowest BCUT2D eigenvalue weighted by atomic mass is 9.91. The average molecular weight is 404 g/mol. The molecule has 0 aliphatic carbocycles. The van der Waals surface area contributed by atoms with E-state index in [0.717, 1.165) is 39.0 Å². The molecule has 0 saturated carbocycles. The third-order valence-corrected chi connectivity index (χ3v) is 5.27. The minimum atomic E-state index is -0.325. The van der Waals surface area contributed by atoms with E-state index in [4.69, 9.17) is 10.5 Å². The number of ether oxygens (including phenoxy) is 1. The molecule has 2 N–H and O–H groups in total. The van der Waals surface area contributed by atoms with Crippen LogP contribution in [0.25, 0.3) is 0 Å². The number of carbonyl (C=O) groups is 1. The topological polar surface area (TPSA) is 58.8 Å². The van der Waals surface area contributed by atoms with Gasteiger partial charge in [0.15, 0.2) is 0 Å². The molecule has 148 valence electrons. The summed E-state index contributed by atoms with van der Waals surface area (Å²) in [6, 6.07) is 10.6. The quantitative estimate of drug-likeness (QED) is 0.837. The minimum Gasteiger partial charge on any atom is -0.366 e. The normalized spacial score (nSPS) is 22.8. The first-order chi connectivity index (χ1) is 11.6. The average Bonchev–Trinajstić information content (AvgIpc) is 2.62. The molecule has 2 saturated heterocycles. The van der Waals surface area contributed by atoms with E-state index < -0.39 is 0 Å². The molecule has 7 heteroatoms. The van der Waals surface area contributed by atoms with Gasteiger partial charge in [0, 0.05) is 38.8 Å². The van der Waals surface area contributed by atoms with Crippen molar-refractivity contribution < 1.29 is 9.53 Å². The molecule has 2 fully saturated rings. The molecule has 1 aromatic carbocycles. The van der Waals surface area contributed by atoms with E-state index >= 15 is 0 Å². The number of rotatable bonds is 4. The molecule has 1 aromatic rings. The van der Waals surface area contributed by atoms with E-state index in [-0.39, 0.29) is 42.9 Å². The number of piperidine rings is 1. The van der Waals surface area contributed by atoms with Crippen molar-refractivity contribution in [3.05, 3.63) is 35.9 Å². The van der Waals surface area contributed by atoms with Gasteiger partial charge in [-0.05, 0) is 31.2 Å². The molecular formula is C19H31Cl2N3O2. The van der Waals surface area contributed by atoms with Crippen LogP contribution >= 0.6 is 24.8 Å². The summed E-state index contributed by atoms with van der Waals surface area (Å²) in [5.41, 5.74) is 7.27. The first-order valence-electron chi connectivity index (χ1n) is 9.05. The standard InChI is InChI=1S/C19H29N3O2.2ClH/c1-15(20)17-7-9-22(10-8-17)19(23)18-14-21(11-12-24-18)13-16-5-3-2-4-6-16;;/h2-6,15,17-18H,7-14,20H2,1H3;2*1H. The number of likely N-dealkylation sites (tertiary alicyclic amines) is 1. The fraction of sp³-hybridized carbons (Fsp3) is 0.632. The van der Waals surface area contributed by atoms with Crippen LogP contribution in [0, 0.1) is 5.92 Å². The van der Waals surface area contributed by atoms with Crippen molar-refractivity contribution in [2.24, 2.45) is 11.7 Å². The van der Waals surface area contributed by atoms with Crippen molar-refractivity contribution >= 4 is 30.7 Å². The van der Waals surface area contributed by atoms with E-state index in [1.54, 1.807) is 0 Å². The van der Waals surface area contributed by atoms with Gasteiger partial charge in [-0.3, -0.25) is 9.69 Å². The highest BCUT2D eigenvalue weighted by atomic mass is 35.5. The Morgan fingerprint density at radius 1 is 1.19 bits per heavy atom. The summed E-state index contributed by atoms with van der Waals surface area (Å²) in [6.45, 7) is 6.74. The monoisotopic (exact) mass is 403 g/mol. The summed E-state index contributed by atoms with van der Waals surface area (Å²) in [7, 11) is 0. The number of amides is 1. The largest absolute Gasteiger partial charge is 0.366 e. The first kappa shape index (κ1) is 23.2. The molecule has 1 amide bonds. The third kappa shape index (κ3) is 6.10. The fourth-order valence-corrected chi connectivity index (χ4v) is 3.69. The van der Waals surface area contributed by atoms with Crippen molar-refractivity contribution in [2.45, 2.75) is 38.5 Å². The van der Waals surface area contributed by atoms with Crippen LogP contribution in [0.5, 0.6) is 0 Å². The molecule has 2 atom stereocenters. The predicted octanol–water partition coefficient (Wildman–Crippen LogP) is 2.32. The smallest absolute Gasteiger partial charge is 0.253 e. The SMILES string of the molecule is CC(N)C1CCN(C(=O)C2CN(Cc3ccccc3)CCO2)CC1.Cl.Cl. The molecule has 26 heavy (non-hydrogen) atoms. The van der Waals surface area contributed by atoms with Gasteiger partial charge >= 0.3 is 0 Å². The summed E-state index contributed by atoms with van der Waals surface area (Å²) in [5.74, 6) is 0.687. The molecule has 3 rings (SSSR count). The molecule has 5 nitrogen and oxygen atoms in total. The van der Waals surface area contributed by atoms with Gasteiger partial charge in [0.05, 0.1) is 6.61 Å². The highest BCUT2D eigenvalue weighted by molar-refractivity contribution is 5.85. The molecule has 2 aliphatic rings. The van der Waals surface area contributed by atoms with Crippen LogP contribution in [0.15, 0.2) is 30.3 Å². The minimum absolute atomic E-state index is 0. The lowest BCUT2D eigenvalue weighted by Crippen LogP contribution is -2.53. The summed E-state index contributed by atoms with van der Waals surface area (Å²) in [6.07, 6.45) is 1.68. The lowest BCUT2D eigenvalue weighted by Gasteiger charge is -2.38. The number of morpholine rings is 1. The molecule has 0 spiro atoms. The summed E-state index contributed by atoms with van der Waals surface area (Å²) in [4.78, 5) is 17.1. The van der Waals surface area contributed by atoms with Crippen LogP contribution < -0.4 is 5.73 Å². The van der Waals surface area contributed by atoms with Crippen molar-refractivity contribution in [3.8, 4) is 0 Å². The Hall–Kier alpha value is -0.850. The number of nitrogens with zero attached hydrogens (tertiary/aromatic N) is 2. The van der Waals surface area contributed by atoms with Gasteiger partial charge in [-0.1, -0.05) is 30.3 Å². The Morgan fingerprint density at radius 2 is 1.85 bits per heavy atom. The van der Waals surface area contributed by atoms with Crippen LogP contribution in [0.4, 0.5) is 0 Å². The lowest BCUT2D eigenvalue weighted by molar-refractivity contribution is -0.151. The molecule has 0 bridgehead atoms. The highest BCUT2D eigenvalue weighted by Crippen LogP contribution is 2.21. The predicted molar refractivity (Wildman–Crippen MR) is 109 cm³/mol. The molecule has 0 radical (unpaired) electrons. The van der Waals surface area contributed by atoms with Gasteiger partial charge in [-0.2, -0.15) is 0 Å². The Kier molecular flexibility index (Phi) is 9.90. The maximum absolute atomic E-state index is 12.8. The van der Waals surface area contributed by atoms with Crippen LogP contribution in [-0.2, 0) is 16.1 Å². The van der Waals surface area contributed by atoms with Gasteiger partial charge in [0.1, 0.15) is 6.10 Å². The van der Waals surface area contributed by atoms with Crippen molar-refractivity contribution in [3.63, 3.8) is 0 Å². The van der Waals surface area contributed by atoms with Gasteiger partial charge in [-0.15, -0.1) is 24.8 Å². The number of hydrogen-bond acceptors (Lipinski definition) is 4. The second-order valence-electron chi connectivity index (χ2n) is 7.10. The maximum Gasteiger partial charge on any atom is 0.253 e. The van der Waals surface area contributed by atoms with Crippen LogP contribution in [0.1, 0.15) is 25.3 Å². The molecule has 2 unspecified atom stereocenters. The Labute approximate surface area is 169 Å². The van der Waals surface area contributed by atoms with Gasteiger partial charge in [0.2, 0.25) is 0 Å². The number of hydrogen-bond donors (Lipinski definition) is 1. The van der Waals surface area contributed by atoms with Crippen LogP contribution in [0.3, 0.4) is 0 Å². The highest BCUT2D eigenvalue weighted by Gasteiger charge is 2.32. The van der Waals surface area contributed by atoms with Crippen LogP contribution in [-0.4, -0.2) is 60.6 Å². The van der Waals surface area contributed by atoms with Gasteiger partial charge < -0.3 is 15.4 Å². The van der Waals surface area contributed by atoms with E-state index in [9.17, 15) is 4.79 Å².